The van der Waals surface area contributed by atoms with Gasteiger partial charge in [-0.05, 0) is 17.7 Å². The number of benzene rings is 2. The molecule has 0 amide bonds. The molecule has 0 atom stereocenters. The van der Waals surface area contributed by atoms with Gasteiger partial charge in [-0.25, -0.2) is 0 Å². The number of methoxy groups -OCH3 is 1. The Kier molecular flexibility index (Phi) is 5.88. The largest absolute Gasteiger partial charge is 0.497 e. The van der Waals surface area contributed by atoms with Crippen LogP contribution >= 0.6 is 0 Å². The van der Waals surface area contributed by atoms with Gasteiger partial charge in [0.1, 0.15) is 5.75 Å². The van der Waals surface area contributed by atoms with E-state index in [-0.39, 0.29) is 6.61 Å². The lowest BCUT2D eigenvalue weighted by atomic mass is 10.1. The van der Waals surface area contributed by atoms with E-state index in [9.17, 15) is 19.6 Å². The second-order valence-corrected chi connectivity index (χ2v) is 6.46. The molecular weight excluding hydrogens is 353 g/mol. The molecule has 0 aliphatic carbocycles. The van der Waals surface area contributed by atoms with Crippen LogP contribution in [-0.2, 0) is 13.2 Å². The number of nitrogens with zero attached hydrogens (tertiary/aromatic N) is 3. The number of hydrogen-bond donors (Lipinski definition) is 1. The summed E-state index contributed by atoms with van der Waals surface area (Å²) in [5.41, 5.74) is 1.42. The van der Waals surface area contributed by atoms with E-state index in [1.54, 1.807) is 7.11 Å². The number of ether oxygens (including phenoxy) is 1. The maximum absolute atomic E-state index is 14.0. The number of hydrogen-bond acceptors (Lipinski definition) is 6. The molecule has 0 aromatic heterocycles. The summed E-state index contributed by atoms with van der Waals surface area (Å²) in [6, 6.07) is 10.2. The summed E-state index contributed by atoms with van der Waals surface area (Å²) < 4.78 is 19.3. The fourth-order valence-electron chi connectivity index (χ4n) is 3.33. The summed E-state index contributed by atoms with van der Waals surface area (Å²) in [4.78, 5) is 14.4. The van der Waals surface area contributed by atoms with Gasteiger partial charge in [0.2, 0.25) is 5.82 Å². The van der Waals surface area contributed by atoms with Crippen molar-refractivity contribution in [3.05, 3.63) is 63.5 Å². The van der Waals surface area contributed by atoms with Gasteiger partial charge in [0.25, 0.3) is 0 Å². The number of anilines is 1. The van der Waals surface area contributed by atoms with Gasteiger partial charge >= 0.3 is 5.69 Å². The van der Waals surface area contributed by atoms with Crippen LogP contribution in [0.1, 0.15) is 11.1 Å². The second-order valence-electron chi connectivity index (χ2n) is 6.46. The second kappa shape index (κ2) is 8.32. The van der Waals surface area contributed by atoms with Crippen LogP contribution in [0.25, 0.3) is 0 Å². The number of nitro benzene ring substituents is 1. The van der Waals surface area contributed by atoms with Crippen molar-refractivity contribution in [3.8, 4) is 5.75 Å². The molecule has 1 aliphatic rings. The molecule has 0 radical (unpaired) electrons. The minimum atomic E-state index is -0.883. The fraction of sp³-hybridized carbons (Fsp3) is 0.368. The standard InChI is InChI=1S/C19H22FN3O4/c1-27-16-4-2-3-14(9-16)12-21-5-7-22(8-6-21)18-11-17(20)19(23(25)26)10-15(18)13-24/h2-4,9-11,24H,5-8,12-13H2,1H3. The van der Waals surface area contributed by atoms with Crippen LogP contribution in [0.15, 0.2) is 36.4 Å². The summed E-state index contributed by atoms with van der Waals surface area (Å²) in [6.45, 7) is 3.23. The third-order valence-corrected chi connectivity index (χ3v) is 4.77. The van der Waals surface area contributed by atoms with Crippen molar-refractivity contribution in [3.63, 3.8) is 0 Å². The highest BCUT2D eigenvalue weighted by molar-refractivity contribution is 5.58. The molecule has 0 bridgehead atoms. The molecule has 8 heteroatoms. The summed E-state index contributed by atoms with van der Waals surface area (Å²) >= 11 is 0. The molecule has 2 aromatic rings. The number of aliphatic hydroxyl groups is 1. The molecule has 3 rings (SSSR count). The zero-order chi connectivity index (χ0) is 19.4. The van der Waals surface area contributed by atoms with Crippen LogP contribution in [0.5, 0.6) is 5.75 Å². The molecule has 144 valence electrons. The molecule has 1 aliphatic heterocycles. The van der Waals surface area contributed by atoms with Crippen LogP contribution in [0.3, 0.4) is 0 Å². The maximum atomic E-state index is 14.0. The minimum Gasteiger partial charge on any atom is -0.497 e. The number of aliphatic hydroxyl groups excluding tert-OH is 1. The molecular formula is C19H22FN3O4. The van der Waals surface area contributed by atoms with Crippen molar-refractivity contribution >= 4 is 11.4 Å². The van der Waals surface area contributed by atoms with Gasteiger partial charge in [0.05, 0.1) is 18.6 Å². The number of nitro groups is 1. The van der Waals surface area contributed by atoms with Crippen LogP contribution in [-0.4, -0.2) is 48.2 Å². The van der Waals surface area contributed by atoms with Gasteiger partial charge in [0.15, 0.2) is 0 Å². The molecule has 7 nitrogen and oxygen atoms in total. The van der Waals surface area contributed by atoms with Crippen LogP contribution in [0, 0.1) is 15.9 Å². The minimum absolute atomic E-state index is 0.365. The highest BCUT2D eigenvalue weighted by atomic mass is 19.1. The van der Waals surface area contributed by atoms with E-state index in [1.165, 1.54) is 0 Å². The van der Waals surface area contributed by atoms with Gasteiger partial charge in [-0.15, -0.1) is 0 Å². The first-order valence-corrected chi connectivity index (χ1v) is 8.69. The molecule has 2 aromatic carbocycles. The highest BCUT2D eigenvalue weighted by Gasteiger charge is 2.24. The smallest absolute Gasteiger partial charge is 0.305 e. The number of piperazine rings is 1. The van der Waals surface area contributed by atoms with Crippen molar-refractivity contribution < 1.29 is 19.2 Å². The average molecular weight is 375 g/mol. The highest BCUT2D eigenvalue weighted by Crippen LogP contribution is 2.29. The summed E-state index contributed by atoms with van der Waals surface area (Å²) in [7, 11) is 1.64. The summed E-state index contributed by atoms with van der Waals surface area (Å²) in [5, 5.41) is 20.4. The summed E-state index contributed by atoms with van der Waals surface area (Å²) in [6.07, 6.45) is 0. The van der Waals surface area contributed by atoms with Crippen molar-refractivity contribution in [2.75, 3.05) is 38.2 Å². The maximum Gasteiger partial charge on any atom is 0.305 e. The molecule has 0 spiro atoms. The van der Waals surface area contributed by atoms with Crippen LogP contribution in [0.2, 0.25) is 0 Å². The van der Waals surface area contributed by atoms with E-state index in [0.29, 0.717) is 24.3 Å². The van der Waals surface area contributed by atoms with Gasteiger partial charge < -0.3 is 14.7 Å². The molecule has 1 fully saturated rings. The Hall–Kier alpha value is -2.71. The molecule has 1 heterocycles. The monoisotopic (exact) mass is 375 g/mol. The van der Waals surface area contributed by atoms with E-state index >= 15 is 0 Å². The first-order valence-electron chi connectivity index (χ1n) is 8.69. The first kappa shape index (κ1) is 19.1. The lowest BCUT2D eigenvalue weighted by Crippen LogP contribution is -2.46. The number of halogens is 1. The molecule has 0 unspecified atom stereocenters. The van der Waals surface area contributed by atoms with Gasteiger partial charge in [-0.3, -0.25) is 15.0 Å². The Morgan fingerprint density at radius 2 is 1.96 bits per heavy atom. The van der Waals surface area contributed by atoms with E-state index in [1.807, 2.05) is 29.2 Å². The van der Waals surface area contributed by atoms with Gasteiger partial charge in [-0.1, -0.05) is 12.1 Å². The zero-order valence-electron chi connectivity index (χ0n) is 15.1. The van der Waals surface area contributed by atoms with E-state index in [2.05, 4.69) is 4.90 Å². The summed E-state index contributed by atoms with van der Waals surface area (Å²) in [5.74, 6) is -0.0638. The predicted molar refractivity (Wildman–Crippen MR) is 99.5 cm³/mol. The Balaban J connectivity index is 1.68. The molecule has 1 saturated heterocycles. The lowest BCUT2D eigenvalue weighted by Gasteiger charge is -2.37. The van der Waals surface area contributed by atoms with Gasteiger partial charge in [-0.2, -0.15) is 4.39 Å². The van der Waals surface area contributed by atoms with E-state index in [4.69, 9.17) is 4.74 Å². The predicted octanol–water partition coefficient (Wildman–Crippen LogP) is 2.56. The van der Waals surface area contributed by atoms with Crippen LogP contribution in [0.4, 0.5) is 15.8 Å². The fourth-order valence-corrected chi connectivity index (χ4v) is 3.33. The lowest BCUT2D eigenvalue weighted by molar-refractivity contribution is -0.387. The quantitative estimate of drug-likeness (QED) is 0.618. The van der Waals surface area contributed by atoms with E-state index in [0.717, 1.165) is 43.1 Å². The topological polar surface area (TPSA) is 79.1 Å². The van der Waals surface area contributed by atoms with Crippen LogP contribution < -0.4 is 9.64 Å². The van der Waals surface area contributed by atoms with Crippen molar-refractivity contribution in [2.24, 2.45) is 0 Å². The van der Waals surface area contributed by atoms with Gasteiger partial charge in [0, 0.05) is 56.1 Å². The van der Waals surface area contributed by atoms with Crippen molar-refractivity contribution in [1.29, 1.82) is 0 Å². The Morgan fingerprint density at radius 3 is 2.59 bits per heavy atom. The first-order chi connectivity index (χ1) is 13.0. The zero-order valence-corrected chi connectivity index (χ0v) is 15.1. The average Bonchev–Trinajstić information content (AvgIpc) is 2.68. The third-order valence-electron chi connectivity index (χ3n) is 4.77. The Labute approximate surface area is 156 Å². The molecule has 1 N–H and O–H groups in total. The normalized spacial score (nSPS) is 15.0. The SMILES string of the molecule is COc1cccc(CN2CCN(c3cc(F)c([N+](=O)[O-])cc3CO)CC2)c1. The molecule has 27 heavy (non-hydrogen) atoms. The molecule has 0 saturated carbocycles. The Morgan fingerprint density at radius 1 is 1.22 bits per heavy atom. The number of rotatable bonds is 6. The van der Waals surface area contributed by atoms with E-state index < -0.39 is 16.4 Å². The third kappa shape index (κ3) is 4.35. The van der Waals surface area contributed by atoms with Crippen molar-refractivity contribution in [1.82, 2.24) is 4.90 Å². The van der Waals surface area contributed by atoms with Crippen molar-refractivity contribution in [2.45, 2.75) is 13.2 Å². The Bertz CT molecular complexity index is 823.